The van der Waals surface area contributed by atoms with E-state index in [1.54, 1.807) is 0 Å². The Morgan fingerprint density at radius 1 is 1.70 bits per heavy atom. The number of carbonyl (C=O) groups is 1. The fourth-order valence-corrected chi connectivity index (χ4v) is 1.16. The smallest absolute Gasteiger partial charge is 0.0643 e. The minimum absolute atomic E-state index is 0.897. The Hall–Kier alpha value is -1.09. The van der Waals surface area contributed by atoms with E-state index in [9.17, 15) is 9.90 Å². The predicted octanol–water partition coefficient (Wildman–Crippen LogP) is 0.511. The van der Waals surface area contributed by atoms with Crippen molar-refractivity contribution in [1.82, 2.24) is 0 Å². The van der Waals surface area contributed by atoms with Crippen molar-refractivity contribution in [2.75, 3.05) is 0 Å². The first-order valence-electron chi connectivity index (χ1n) is 2.70. The molecule has 3 heteroatoms. The van der Waals surface area contributed by atoms with Crippen LogP contribution in [0.15, 0.2) is 22.9 Å². The zero-order valence-electron chi connectivity index (χ0n) is 5.11. The molecule has 10 heavy (non-hydrogen) atoms. The third-order valence-electron chi connectivity index (χ3n) is 0.955. The molecule has 52 valence electrons. The summed E-state index contributed by atoms with van der Waals surface area (Å²) >= 11 is 1.53. The largest absolute Gasteiger partial charge is 0.545 e. The van der Waals surface area contributed by atoms with E-state index in [1.807, 2.05) is 16.8 Å². The summed E-state index contributed by atoms with van der Waals surface area (Å²) in [7, 11) is 0. The Balaban J connectivity index is 2.64. The van der Waals surface area contributed by atoms with Crippen LogP contribution in [0.4, 0.5) is 0 Å². The first-order chi connectivity index (χ1) is 4.79. The number of hydrogen-bond acceptors (Lipinski definition) is 3. The van der Waals surface area contributed by atoms with Gasteiger partial charge in [-0.15, -0.1) is 0 Å². The van der Waals surface area contributed by atoms with Crippen LogP contribution in [-0.4, -0.2) is 5.97 Å². The summed E-state index contributed by atoms with van der Waals surface area (Å²) in [6, 6.07) is 1.84. The summed E-state index contributed by atoms with van der Waals surface area (Å²) in [5.74, 6) is -1.16. The number of carboxylic acids is 1. The van der Waals surface area contributed by atoms with Crippen molar-refractivity contribution < 1.29 is 9.90 Å². The van der Waals surface area contributed by atoms with E-state index >= 15 is 0 Å². The lowest BCUT2D eigenvalue weighted by Crippen LogP contribution is -2.18. The Morgan fingerprint density at radius 3 is 3.00 bits per heavy atom. The van der Waals surface area contributed by atoms with Gasteiger partial charge in [-0.05, 0) is 28.5 Å². The standard InChI is InChI=1S/C7H6O2S/c8-7(9)2-1-6-3-4-10-5-6/h1-5H,(H,8,9)/p-1/b2-1+. The highest BCUT2D eigenvalue weighted by Crippen LogP contribution is 2.06. The van der Waals surface area contributed by atoms with Crippen molar-refractivity contribution in [1.29, 1.82) is 0 Å². The number of aliphatic carboxylic acids is 1. The molecule has 0 spiro atoms. The number of carboxylic acid groups (broad SMARTS) is 1. The zero-order valence-corrected chi connectivity index (χ0v) is 5.93. The highest BCUT2D eigenvalue weighted by Gasteiger charge is 1.82. The van der Waals surface area contributed by atoms with Crippen LogP contribution in [0.1, 0.15) is 5.56 Å². The van der Waals surface area contributed by atoms with Crippen LogP contribution in [0.25, 0.3) is 6.08 Å². The average Bonchev–Trinajstić information content (AvgIpc) is 2.34. The van der Waals surface area contributed by atoms with Crippen molar-refractivity contribution >= 4 is 23.4 Å². The monoisotopic (exact) mass is 153 g/mol. The first kappa shape index (κ1) is 7.02. The summed E-state index contributed by atoms with van der Waals surface area (Å²) in [5, 5.41) is 13.6. The molecule has 1 aromatic heterocycles. The van der Waals surface area contributed by atoms with Crippen LogP contribution in [0.3, 0.4) is 0 Å². The van der Waals surface area contributed by atoms with Gasteiger partial charge in [-0.25, -0.2) is 0 Å². The Kier molecular flexibility index (Phi) is 2.23. The van der Waals surface area contributed by atoms with Crippen molar-refractivity contribution in [3.05, 3.63) is 28.5 Å². The van der Waals surface area contributed by atoms with E-state index in [2.05, 4.69) is 0 Å². The van der Waals surface area contributed by atoms with Crippen LogP contribution in [0, 0.1) is 0 Å². The molecule has 0 aliphatic heterocycles. The van der Waals surface area contributed by atoms with Gasteiger partial charge in [0, 0.05) is 0 Å². The minimum atomic E-state index is -1.16. The lowest BCUT2D eigenvalue weighted by atomic mass is 10.3. The summed E-state index contributed by atoms with van der Waals surface area (Å²) in [5.41, 5.74) is 0.897. The van der Waals surface area contributed by atoms with Crippen LogP contribution in [-0.2, 0) is 4.79 Å². The molecule has 2 nitrogen and oxygen atoms in total. The van der Waals surface area contributed by atoms with Crippen LogP contribution >= 0.6 is 11.3 Å². The fraction of sp³-hybridized carbons (Fsp3) is 0. The van der Waals surface area contributed by atoms with Gasteiger partial charge in [-0.2, -0.15) is 11.3 Å². The molecule has 0 aliphatic rings. The molecule has 0 aliphatic carbocycles. The number of thiophene rings is 1. The maximum absolute atomic E-state index is 9.90. The van der Waals surface area contributed by atoms with Crippen LogP contribution in [0.5, 0.6) is 0 Å². The van der Waals surface area contributed by atoms with Gasteiger partial charge in [0.05, 0.1) is 5.97 Å². The SMILES string of the molecule is O=C([O-])/C=C/c1ccsc1. The van der Waals surface area contributed by atoms with Gasteiger partial charge >= 0.3 is 0 Å². The van der Waals surface area contributed by atoms with Gasteiger partial charge in [-0.3, -0.25) is 0 Å². The van der Waals surface area contributed by atoms with Gasteiger partial charge in [0.2, 0.25) is 0 Å². The second-order valence-corrected chi connectivity index (χ2v) is 2.49. The molecule has 0 bridgehead atoms. The molecule has 1 heterocycles. The van der Waals surface area contributed by atoms with E-state index in [0.29, 0.717) is 0 Å². The topological polar surface area (TPSA) is 40.1 Å². The van der Waals surface area contributed by atoms with Crippen molar-refractivity contribution in [3.8, 4) is 0 Å². The lowest BCUT2D eigenvalue weighted by Gasteiger charge is -1.87. The van der Waals surface area contributed by atoms with E-state index in [0.717, 1.165) is 11.6 Å². The molecule has 1 aromatic rings. The predicted molar refractivity (Wildman–Crippen MR) is 38.4 cm³/mol. The summed E-state index contributed by atoms with van der Waals surface area (Å²) < 4.78 is 0. The summed E-state index contributed by atoms with van der Waals surface area (Å²) in [6.45, 7) is 0. The molecule has 0 amide bonds. The van der Waals surface area contributed by atoms with Crippen LogP contribution in [0.2, 0.25) is 0 Å². The normalized spacial score (nSPS) is 10.4. The molecule has 0 saturated heterocycles. The van der Waals surface area contributed by atoms with Gasteiger partial charge in [0.25, 0.3) is 0 Å². The van der Waals surface area contributed by atoms with Gasteiger partial charge in [0.15, 0.2) is 0 Å². The van der Waals surface area contributed by atoms with E-state index in [4.69, 9.17) is 0 Å². The number of rotatable bonds is 2. The summed E-state index contributed by atoms with van der Waals surface area (Å²) in [6.07, 6.45) is 2.52. The molecule has 0 fully saturated rings. The molecular formula is C7H5O2S-. The lowest BCUT2D eigenvalue weighted by molar-refractivity contribution is -0.297. The van der Waals surface area contributed by atoms with Crippen molar-refractivity contribution in [2.24, 2.45) is 0 Å². The van der Waals surface area contributed by atoms with Crippen molar-refractivity contribution in [2.45, 2.75) is 0 Å². The first-order valence-corrected chi connectivity index (χ1v) is 3.64. The van der Waals surface area contributed by atoms with Gasteiger partial charge in [0.1, 0.15) is 0 Å². The van der Waals surface area contributed by atoms with Crippen LogP contribution < -0.4 is 5.11 Å². The molecule has 0 unspecified atom stereocenters. The third kappa shape index (κ3) is 2.03. The maximum atomic E-state index is 9.90. The number of carbonyl (C=O) groups excluding carboxylic acids is 1. The Morgan fingerprint density at radius 2 is 2.50 bits per heavy atom. The minimum Gasteiger partial charge on any atom is -0.545 e. The Labute approximate surface area is 62.4 Å². The van der Waals surface area contributed by atoms with E-state index < -0.39 is 5.97 Å². The molecule has 0 atom stereocenters. The van der Waals surface area contributed by atoms with Gasteiger partial charge < -0.3 is 9.90 Å². The summed E-state index contributed by atoms with van der Waals surface area (Å²) in [4.78, 5) is 9.90. The molecule has 0 N–H and O–H groups in total. The molecular weight excluding hydrogens is 148 g/mol. The van der Waals surface area contributed by atoms with E-state index in [-0.39, 0.29) is 0 Å². The average molecular weight is 153 g/mol. The maximum Gasteiger partial charge on any atom is 0.0643 e. The second kappa shape index (κ2) is 3.17. The molecule has 0 saturated carbocycles. The number of hydrogen-bond donors (Lipinski definition) is 0. The molecule has 0 aromatic carbocycles. The highest BCUT2D eigenvalue weighted by molar-refractivity contribution is 7.08. The Bertz CT molecular complexity index is 236. The zero-order chi connectivity index (χ0) is 7.40. The highest BCUT2D eigenvalue weighted by atomic mass is 32.1. The quantitative estimate of drug-likeness (QED) is 0.581. The second-order valence-electron chi connectivity index (χ2n) is 1.71. The van der Waals surface area contributed by atoms with E-state index in [1.165, 1.54) is 17.4 Å². The molecule has 1 rings (SSSR count). The molecule has 0 radical (unpaired) electrons. The van der Waals surface area contributed by atoms with Crippen molar-refractivity contribution in [3.63, 3.8) is 0 Å². The van der Waals surface area contributed by atoms with Gasteiger partial charge in [-0.1, -0.05) is 6.08 Å². The third-order valence-corrected chi connectivity index (χ3v) is 1.66. The fourth-order valence-electron chi connectivity index (χ4n) is 0.534.